The smallest absolute Gasteiger partial charge is 0.410 e. The van der Waals surface area contributed by atoms with Gasteiger partial charge in [-0.1, -0.05) is 117 Å². The first-order valence-electron chi connectivity index (χ1n) is 33.7. The van der Waals surface area contributed by atoms with Crippen LogP contribution in [0.3, 0.4) is 0 Å². The van der Waals surface area contributed by atoms with E-state index in [9.17, 15) is 48.3 Å². The molecule has 2 aromatic carbocycles. The van der Waals surface area contributed by atoms with E-state index < -0.39 is 78.3 Å². The molecule has 1 fully saturated rings. The number of aryl methyl sites for hydroxylation is 1. The molecule has 0 radical (unpaired) electrons. The second-order valence-electron chi connectivity index (χ2n) is 25.8. The van der Waals surface area contributed by atoms with Crippen LogP contribution in [0.1, 0.15) is 145 Å². The first-order chi connectivity index (χ1) is 45.0. The molecule has 1 saturated heterocycles. The van der Waals surface area contributed by atoms with E-state index in [0.29, 0.717) is 76.5 Å². The predicted molar refractivity (Wildman–Crippen MR) is 365 cm³/mol. The van der Waals surface area contributed by atoms with Crippen molar-refractivity contribution in [1.29, 1.82) is 0 Å². The van der Waals surface area contributed by atoms with E-state index in [-0.39, 0.29) is 111 Å². The van der Waals surface area contributed by atoms with Crippen molar-refractivity contribution >= 4 is 58.9 Å². The summed E-state index contributed by atoms with van der Waals surface area (Å²) < 4.78 is 33.0. The Hall–Kier alpha value is -6.61. The summed E-state index contributed by atoms with van der Waals surface area (Å²) >= 11 is 0. The molecule has 3 rings (SSSR count). The Labute approximate surface area is 565 Å². The fourth-order valence-corrected chi connectivity index (χ4v) is 11.9. The largest absolute Gasteiger partial charge is 0.450 e. The molecule has 1 aliphatic heterocycles. The van der Waals surface area contributed by atoms with E-state index in [1.165, 1.54) is 4.90 Å². The monoisotopic (exact) mass is 1340 g/mol. The number of Topliss-reactive ketones (excluding diaryl/α,β-unsaturated/α-hetero) is 2. The minimum Gasteiger partial charge on any atom is -0.450 e. The first kappa shape index (κ1) is 84.5. The molecule has 1 heterocycles. The average Bonchev–Trinajstić information content (AvgIpc) is 1.80. The predicted octanol–water partition coefficient (Wildman–Crippen LogP) is 6.60. The average molecular weight is 1340 g/mol. The summed E-state index contributed by atoms with van der Waals surface area (Å²) in [6.07, 6.45) is 0.0584. The van der Waals surface area contributed by atoms with Crippen molar-refractivity contribution < 1.29 is 76.7 Å². The molecule has 0 aliphatic carbocycles. The third-order valence-corrected chi connectivity index (χ3v) is 17.5. The van der Waals surface area contributed by atoms with Crippen LogP contribution < -0.4 is 32.7 Å². The molecule has 1 aliphatic rings. The lowest BCUT2D eigenvalue weighted by molar-refractivity contribution is -0.149. The number of nitrogens with two attached hydrogens (primary N) is 2. The lowest BCUT2D eigenvalue weighted by Gasteiger charge is -2.41. The number of carbonyl (C=O) groups excluding carboxylic acids is 9. The zero-order chi connectivity index (χ0) is 71.5. The highest BCUT2D eigenvalue weighted by molar-refractivity contribution is 5.97. The third-order valence-electron chi connectivity index (χ3n) is 17.5. The maximum Gasteiger partial charge on any atom is 0.410 e. The number of amides is 8. The van der Waals surface area contributed by atoms with Gasteiger partial charge in [0, 0.05) is 78.3 Å². The van der Waals surface area contributed by atoms with Crippen molar-refractivity contribution in [3.05, 3.63) is 65.7 Å². The van der Waals surface area contributed by atoms with Crippen molar-refractivity contribution in [3.8, 4) is 0 Å². The Morgan fingerprint density at radius 3 is 1.89 bits per heavy atom. The molecule has 2 aromatic rings. The summed E-state index contributed by atoms with van der Waals surface area (Å²) in [5, 5.41) is 21.9. The number of rotatable bonds is 43. The van der Waals surface area contributed by atoms with E-state index in [1.54, 1.807) is 71.0 Å². The number of nitrogens with zero attached hydrogens (tertiary/aromatic N) is 3. The summed E-state index contributed by atoms with van der Waals surface area (Å²) in [5.74, 6) is -4.46. The molecule has 12 unspecified atom stereocenters. The fourth-order valence-electron chi connectivity index (χ4n) is 11.9. The van der Waals surface area contributed by atoms with Crippen LogP contribution in [-0.4, -0.2) is 210 Å². The molecule has 25 nitrogen and oxygen atoms in total. The lowest BCUT2D eigenvalue weighted by Crippen LogP contribution is -2.55. The summed E-state index contributed by atoms with van der Waals surface area (Å²) in [5.41, 5.74) is 12.8. The highest BCUT2D eigenvalue weighted by atomic mass is 16.6. The molecule has 9 N–H and O–H groups in total. The van der Waals surface area contributed by atoms with Crippen LogP contribution in [0.2, 0.25) is 0 Å². The van der Waals surface area contributed by atoms with E-state index in [0.717, 1.165) is 12.0 Å². The van der Waals surface area contributed by atoms with Crippen molar-refractivity contribution in [3.63, 3.8) is 0 Å². The Morgan fingerprint density at radius 2 is 1.35 bits per heavy atom. The summed E-state index contributed by atoms with van der Waals surface area (Å²) in [6.45, 7) is 25.4. The van der Waals surface area contributed by atoms with Crippen LogP contribution in [0.25, 0.3) is 0 Å². The van der Waals surface area contributed by atoms with E-state index >= 15 is 0 Å². The number of likely N-dealkylation sites (tertiary alicyclic amines) is 1. The SMILES string of the molecule is CCOC(=O)N(C)C(C(=O)CC(C(=O)N(C)C(C(C)CC)C(CC(=O)N1CCCC1C(OC)C(C)C(=O)NC(C)C(O)c1ccccc1)OC)C(C)C)C(C)C.Cc1ccc(NC(=O)C(CCCNC(N)=O)CC(=O)C(NC(=O)COCCOCCOCCN)C(C)C)cc1. The van der Waals surface area contributed by atoms with E-state index in [2.05, 4.69) is 21.3 Å². The van der Waals surface area contributed by atoms with Gasteiger partial charge in [0.05, 0.1) is 101 Å². The van der Waals surface area contributed by atoms with Crippen LogP contribution in [0.5, 0.6) is 0 Å². The number of anilines is 1. The van der Waals surface area contributed by atoms with Gasteiger partial charge in [-0.15, -0.1) is 0 Å². The lowest BCUT2D eigenvalue weighted by atomic mass is 9.83. The van der Waals surface area contributed by atoms with Crippen LogP contribution in [-0.2, 0) is 62.0 Å². The molecule has 0 saturated carbocycles. The second kappa shape index (κ2) is 45.0. The summed E-state index contributed by atoms with van der Waals surface area (Å²) in [6, 6.07) is 12.9. The van der Waals surface area contributed by atoms with Gasteiger partial charge in [0.25, 0.3) is 0 Å². The van der Waals surface area contributed by atoms with Gasteiger partial charge in [-0.05, 0) is 87.8 Å². The molecular formula is C70H117N9O16. The molecule has 538 valence electrons. The van der Waals surface area contributed by atoms with Crippen LogP contribution in [0.15, 0.2) is 54.6 Å². The van der Waals surface area contributed by atoms with Gasteiger partial charge in [0.2, 0.25) is 29.5 Å². The van der Waals surface area contributed by atoms with Gasteiger partial charge in [-0.25, -0.2) is 9.59 Å². The number of methoxy groups -OCH3 is 2. The van der Waals surface area contributed by atoms with Gasteiger partial charge < -0.3 is 81.0 Å². The maximum atomic E-state index is 14.4. The quantitative estimate of drug-likeness (QED) is 0.0344. The summed E-state index contributed by atoms with van der Waals surface area (Å²) in [7, 11) is 6.36. The van der Waals surface area contributed by atoms with Gasteiger partial charge in [-0.3, -0.25) is 33.6 Å². The molecule has 0 spiro atoms. The van der Waals surface area contributed by atoms with Gasteiger partial charge in [-0.2, -0.15) is 0 Å². The van der Waals surface area contributed by atoms with Gasteiger partial charge >= 0.3 is 12.1 Å². The zero-order valence-corrected chi connectivity index (χ0v) is 59.7. The molecule has 25 heteroatoms. The highest BCUT2D eigenvalue weighted by Crippen LogP contribution is 2.32. The number of aliphatic hydroxyl groups is 1. The normalized spacial score (nSPS) is 16.5. The van der Waals surface area contributed by atoms with Crippen LogP contribution in [0, 0.1) is 48.3 Å². The minimum atomic E-state index is -0.890. The number of aliphatic hydroxyl groups excluding tert-OH is 1. The third kappa shape index (κ3) is 28.9. The molecule has 8 amide bonds. The standard InChI is InChI=1S/C43H72N4O9.C27H45N5O7/c1-14-28(7)38(45(10)42(52)32(26(3)4)24-34(48)37(27(5)6)46(11)43(53)56-15-2)35(54-12)25-36(49)47-23-19-22-33(47)40(55-13)29(8)41(51)44-30(9)39(50)31-20-17-16-18-21-31;1-19(2)25(32-24(34)18-39-16-15-38-14-13-37-12-10-28)23(33)17-21(5-4-11-30-27(29)36)26(35)31-22-8-6-20(3)7-9-22/h16-18,20-21,26-30,32-33,35,37-40,50H,14-15,19,22-25H2,1-13H3,(H,44,51);6-9,19,21,25H,4-5,10-18,28H2,1-3H3,(H,31,35)(H,32,34)(H3,29,30,36). The topological polar surface area (TPSA) is 339 Å². The number of nitrogens with one attached hydrogen (secondary N) is 4. The number of hydrogen-bond donors (Lipinski definition) is 7. The maximum absolute atomic E-state index is 14.4. The zero-order valence-electron chi connectivity index (χ0n) is 59.7. The summed E-state index contributed by atoms with van der Waals surface area (Å²) in [4.78, 5) is 123. The van der Waals surface area contributed by atoms with Gasteiger partial charge in [0.1, 0.15) is 6.61 Å². The second-order valence-corrected chi connectivity index (χ2v) is 25.8. The van der Waals surface area contributed by atoms with E-state index in [4.69, 9.17) is 39.9 Å². The molecular weight excluding hydrogens is 1220 g/mol. The number of hydrogen-bond acceptors (Lipinski definition) is 17. The number of ether oxygens (including phenoxy) is 6. The Bertz CT molecular complexity index is 2630. The number of primary amides is 1. The first-order valence-corrected chi connectivity index (χ1v) is 33.7. The fraction of sp³-hybridized carbons (Fsp3) is 0.700. The van der Waals surface area contributed by atoms with Crippen molar-refractivity contribution in [2.45, 2.75) is 183 Å². The molecule has 95 heavy (non-hydrogen) atoms. The molecule has 0 bridgehead atoms. The number of benzene rings is 2. The Kier molecular flexibility index (Phi) is 40.0. The van der Waals surface area contributed by atoms with Crippen LogP contribution in [0.4, 0.5) is 15.3 Å². The van der Waals surface area contributed by atoms with E-state index in [1.807, 2.05) is 105 Å². The highest BCUT2D eigenvalue weighted by Gasteiger charge is 2.44. The minimum absolute atomic E-state index is 0.00196. The number of likely N-dealkylation sites (N-methyl/N-ethyl adjacent to an activating group) is 2. The number of carbonyl (C=O) groups is 9. The molecule has 0 aromatic heterocycles. The van der Waals surface area contributed by atoms with Crippen molar-refractivity contribution in [2.24, 2.45) is 52.9 Å². The number of urea groups is 1. The van der Waals surface area contributed by atoms with Crippen LogP contribution >= 0.6 is 0 Å². The Morgan fingerprint density at radius 1 is 0.726 bits per heavy atom. The number of ketones is 2. The molecule has 12 atom stereocenters. The Balaban J connectivity index is 0.000000691. The van der Waals surface area contributed by atoms with Crippen molar-refractivity contribution in [1.82, 2.24) is 30.7 Å². The van der Waals surface area contributed by atoms with Crippen molar-refractivity contribution in [2.75, 3.05) is 99.5 Å². The van der Waals surface area contributed by atoms with Gasteiger partial charge in [0.15, 0.2) is 11.6 Å².